The second-order valence-electron chi connectivity index (χ2n) is 3.13. The molecule has 2 heterocycles. The number of carbonyl (C=O) groups is 1. The molecule has 0 spiro atoms. The second-order valence-corrected chi connectivity index (χ2v) is 4.68. The van der Waals surface area contributed by atoms with Crippen LogP contribution in [0.4, 0.5) is 0 Å². The van der Waals surface area contributed by atoms with Crippen LogP contribution >= 0.6 is 7.60 Å². The Morgan fingerprint density at radius 2 is 2.00 bits per heavy atom. The summed E-state index contributed by atoms with van der Waals surface area (Å²) in [4.78, 5) is 32.1. The zero-order chi connectivity index (χ0) is 11.9. The number of carboxylic acid groups (broad SMARTS) is 1. The number of nitrogens with zero attached hydrogens (tertiary/aromatic N) is 2. The minimum absolute atomic E-state index is 0.0159. The van der Waals surface area contributed by atoms with Crippen LogP contribution in [0.1, 0.15) is 10.4 Å². The number of imidazole rings is 1. The minimum Gasteiger partial charge on any atom is -0.478 e. The first kappa shape index (κ1) is 10.8. The Kier molecular flexibility index (Phi) is 2.31. The third-order valence-electron chi connectivity index (χ3n) is 1.98. The lowest BCUT2D eigenvalue weighted by Crippen LogP contribution is -2.03. The number of pyridine rings is 1. The molecule has 0 bridgehead atoms. The molecule has 3 N–H and O–H groups in total. The van der Waals surface area contributed by atoms with E-state index in [-0.39, 0.29) is 16.6 Å². The predicted molar refractivity (Wildman–Crippen MR) is 53.8 cm³/mol. The normalized spacial score (nSPS) is 11.9. The monoisotopic (exact) mass is 242 g/mol. The molecule has 0 aliphatic heterocycles. The summed E-state index contributed by atoms with van der Waals surface area (Å²) in [5.74, 6) is -1.12. The van der Waals surface area contributed by atoms with Crippen LogP contribution in [0.3, 0.4) is 0 Å². The molecule has 0 unspecified atom stereocenters. The summed E-state index contributed by atoms with van der Waals surface area (Å²) < 4.78 is 12.2. The lowest BCUT2D eigenvalue weighted by molar-refractivity contribution is 0.0696. The lowest BCUT2D eigenvalue weighted by atomic mass is 10.3. The summed E-state index contributed by atoms with van der Waals surface area (Å²) in [6.07, 6.45) is 2.35. The van der Waals surface area contributed by atoms with Crippen molar-refractivity contribution in [3.05, 3.63) is 30.1 Å². The molecule has 0 saturated heterocycles. The summed E-state index contributed by atoms with van der Waals surface area (Å²) in [5.41, 5.74) is -0.0828. The molecular formula is C8H7N2O5P. The van der Waals surface area contributed by atoms with Gasteiger partial charge in [0.2, 0.25) is 0 Å². The van der Waals surface area contributed by atoms with Crippen LogP contribution in [0.25, 0.3) is 5.65 Å². The Labute approximate surface area is 89.1 Å². The van der Waals surface area contributed by atoms with E-state index in [2.05, 4.69) is 4.98 Å². The van der Waals surface area contributed by atoms with Crippen molar-refractivity contribution in [3.63, 3.8) is 0 Å². The quantitative estimate of drug-likeness (QED) is 0.630. The SMILES string of the molecule is O=C(O)c1ccc2nc(P(=O)(O)O)cn2c1. The third kappa shape index (κ3) is 1.83. The van der Waals surface area contributed by atoms with Gasteiger partial charge in [-0.05, 0) is 12.1 Å². The molecule has 8 heteroatoms. The highest BCUT2D eigenvalue weighted by Gasteiger charge is 2.21. The van der Waals surface area contributed by atoms with Crippen LogP contribution in [0.5, 0.6) is 0 Å². The molecule has 2 rings (SSSR count). The summed E-state index contributed by atoms with van der Waals surface area (Å²) in [7, 11) is -4.41. The van der Waals surface area contributed by atoms with Crippen LogP contribution in [0.15, 0.2) is 24.5 Å². The average Bonchev–Trinajstić information content (AvgIpc) is 2.58. The van der Waals surface area contributed by atoms with Crippen molar-refractivity contribution in [2.75, 3.05) is 0 Å². The maximum absolute atomic E-state index is 10.9. The van der Waals surface area contributed by atoms with E-state index < -0.39 is 13.6 Å². The zero-order valence-corrected chi connectivity index (χ0v) is 8.70. The van der Waals surface area contributed by atoms with Crippen LogP contribution in [0, 0.1) is 0 Å². The molecule has 0 atom stereocenters. The fraction of sp³-hybridized carbons (Fsp3) is 0. The summed E-state index contributed by atoms with van der Waals surface area (Å²) in [5, 5.41) is 8.72. The summed E-state index contributed by atoms with van der Waals surface area (Å²) in [6.45, 7) is 0. The maximum Gasteiger partial charge on any atom is 0.376 e. The Balaban J connectivity index is 2.63. The molecule has 0 aromatic carbocycles. The van der Waals surface area contributed by atoms with Crippen molar-refractivity contribution in [2.45, 2.75) is 0 Å². The first-order chi connectivity index (χ1) is 7.38. The predicted octanol–water partition coefficient (Wildman–Crippen LogP) is -0.165. The lowest BCUT2D eigenvalue weighted by Gasteiger charge is -1.95. The molecule has 84 valence electrons. The number of fused-ring (bicyclic) bond motifs is 1. The van der Waals surface area contributed by atoms with Crippen LogP contribution in [-0.2, 0) is 4.57 Å². The molecule has 0 aliphatic rings. The van der Waals surface area contributed by atoms with E-state index in [1.54, 1.807) is 0 Å². The highest BCUT2D eigenvalue weighted by Crippen LogP contribution is 2.32. The largest absolute Gasteiger partial charge is 0.478 e. The van der Waals surface area contributed by atoms with Gasteiger partial charge in [-0.15, -0.1) is 0 Å². The van der Waals surface area contributed by atoms with Gasteiger partial charge >= 0.3 is 13.6 Å². The van der Waals surface area contributed by atoms with Gasteiger partial charge in [0.25, 0.3) is 0 Å². The van der Waals surface area contributed by atoms with E-state index in [0.717, 1.165) is 6.20 Å². The van der Waals surface area contributed by atoms with E-state index >= 15 is 0 Å². The van der Waals surface area contributed by atoms with Crippen molar-refractivity contribution in [1.29, 1.82) is 0 Å². The topological polar surface area (TPSA) is 112 Å². The van der Waals surface area contributed by atoms with Gasteiger partial charge in [-0.25, -0.2) is 9.78 Å². The van der Waals surface area contributed by atoms with Gasteiger partial charge in [0, 0.05) is 12.4 Å². The molecule has 7 nitrogen and oxygen atoms in total. The smallest absolute Gasteiger partial charge is 0.376 e. The Hall–Kier alpha value is -1.69. The highest BCUT2D eigenvalue weighted by molar-refractivity contribution is 7.60. The van der Waals surface area contributed by atoms with E-state index in [9.17, 15) is 9.36 Å². The highest BCUT2D eigenvalue weighted by atomic mass is 31.2. The third-order valence-corrected chi connectivity index (χ3v) is 2.80. The van der Waals surface area contributed by atoms with Crippen molar-refractivity contribution in [3.8, 4) is 0 Å². The number of carboxylic acids is 1. The zero-order valence-electron chi connectivity index (χ0n) is 7.81. The fourth-order valence-electron chi connectivity index (χ4n) is 1.25. The van der Waals surface area contributed by atoms with Crippen molar-refractivity contribution in [2.24, 2.45) is 0 Å². The van der Waals surface area contributed by atoms with Crippen LogP contribution in [0.2, 0.25) is 0 Å². The number of hydrogen-bond donors (Lipinski definition) is 3. The van der Waals surface area contributed by atoms with Gasteiger partial charge in [-0.2, -0.15) is 0 Å². The average molecular weight is 242 g/mol. The van der Waals surface area contributed by atoms with Gasteiger partial charge < -0.3 is 19.3 Å². The number of aromatic nitrogens is 2. The number of aromatic carboxylic acids is 1. The Morgan fingerprint density at radius 3 is 2.56 bits per heavy atom. The van der Waals surface area contributed by atoms with Gasteiger partial charge in [0.05, 0.1) is 5.56 Å². The minimum atomic E-state index is -4.41. The van der Waals surface area contributed by atoms with E-state index in [1.165, 1.54) is 22.7 Å². The molecule has 0 amide bonds. The van der Waals surface area contributed by atoms with Crippen molar-refractivity contribution < 1.29 is 24.3 Å². The molecule has 16 heavy (non-hydrogen) atoms. The van der Waals surface area contributed by atoms with Crippen molar-refractivity contribution >= 4 is 24.6 Å². The molecule has 0 fully saturated rings. The van der Waals surface area contributed by atoms with Gasteiger partial charge in [0.15, 0.2) is 5.44 Å². The first-order valence-electron chi connectivity index (χ1n) is 4.16. The van der Waals surface area contributed by atoms with Crippen molar-refractivity contribution in [1.82, 2.24) is 9.38 Å². The molecule has 0 radical (unpaired) electrons. The van der Waals surface area contributed by atoms with Gasteiger partial charge in [-0.1, -0.05) is 0 Å². The fourth-order valence-corrected chi connectivity index (χ4v) is 1.75. The van der Waals surface area contributed by atoms with E-state index in [1.807, 2.05) is 0 Å². The maximum atomic E-state index is 10.9. The van der Waals surface area contributed by atoms with Crippen LogP contribution in [-0.4, -0.2) is 30.2 Å². The Morgan fingerprint density at radius 1 is 1.31 bits per heavy atom. The molecule has 0 aliphatic carbocycles. The molecule has 0 saturated carbocycles. The first-order valence-corrected chi connectivity index (χ1v) is 5.77. The number of hydrogen-bond acceptors (Lipinski definition) is 3. The standard InChI is InChI=1S/C8H7N2O5P/c11-8(12)5-1-2-6-9-7(16(13,14)15)4-10(6)3-5/h1-4H,(H,11,12)(H2,13,14,15). The summed E-state index contributed by atoms with van der Waals surface area (Å²) >= 11 is 0. The van der Waals surface area contributed by atoms with Crippen LogP contribution < -0.4 is 5.44 Å². The second kappa shape index (κ2) is 3.41. The van der Waals surface area contributed by atoms with E-state index in [0.29, 0.717) is 0 Å². The molecule has 2 aromatic heterocycles. The summed E-state index contributed by atoms with van der Waals surface area (Å²) in [6, 6.07) is 2.69. The molecular weight excluding hydrogens is 235 g/mol. The molecule has 2 aromatic rings. The van der Waals surface area contributed by atoms with E-state index in [4.69, 9.17) is 14.9 Å². The Bertz CT molecular complexity index is 614. The van der Waals surface area contributed by atoms with Gasteiger partial charge in [-0.3, -0.25) is 4.57 Å². The van der Waals surface area contributed by atoms with Gasteiger partial charge in [0.1, 0.15) is 5.65 Å². The number of rotatable bonds is 2.